The lowest BCUT2D eigenvalue weighted by Gasteiger charge is -2.12. The highest BCUT2D eigenvalue weighted by Gasteiger charge is 2.22. The number of nitrogens with zero attached hydrogens (tertiary/aromatic N) is 1. The van der Waals surface area contributed by atoms with Crippen LogP contribution in [0, 0.1) is 0 Å². The molecule has 0 aliphatic heterocycles. The molecule has 7 heteroatoms. The maximum absolute atomic E-state index is 11.5. The monoisotopic (exact) mass is 251 g/mol. The fourth-order valence-corrected chi connectivity index (χ4v) is 1.31. The molecule has 0 aromatic carbocycles. The van der Waals surface area contributed by atoms with E-state index in [-0.39, 0.29) is 6.42 Å². The van der Waals surface area contributed by atoms with Gasteiger partial charge in [-0.3, -0.25) is 14.6 Å². The second-order valence-corrected chi connectivity index (χ2v) is 3.63. The SMILES string of the molecule is NC(=O)CC(NC(=O)Cc1ccccn1)C(=O)O. The number of aliphatic carboxylic acids is 1. The molecule has 1 rings (SSSR count). The fraction of sp³-hybridized carbons (Fsp3) is 0.273. The van der Waals surface area contributed by atoms with Crippen molar-refractivity contribution in [1.82, 2.24) is 10.3 Å². The van der Waals surface area contributed by atoms with Crippen LogP contribution >= 0.6 is 0 Å². The van der Waals surface area contributed by atoms with Crippen molar-refractivity contribution in [3.63, 3.8) is 0 Å². The van der Waals surface area contributed by atoms with Gasteiger partial charge in [0.15, 0.2) is 0 Å². The van der Waals surface area contributed by atoms with E-state index in [1.807, 2.05) is 0 Å². The molecule has 2 amide bonds. The summed E-state index contributed by atoms with van der Waals surface area (Å²) >= 11 is 0. The molecule has 0 spiro atoms. The van der Waals surface area contributed by atoms with Gasteiger partial charge in [0, 0.05) is 11.9 Å². The van der Waals surface area contributed by atoms with E-state index in [2.05, 4.69) is 10.3 Å². The van der Waals surface area contributed by atoms with Gasteiger partial charge in [-0.2, -0.15) is 0 Å². The lowest BCUT2D eigenvalue weighted by Crippen LogP contribution is -2.43. The van der Waals surface area contributed by atoms with Gasteiger partial charge < -0.3 is 16.2 Å². The summed E-state index contributed by atoms with van der Waals surface area (Å²) in [6.45, 7) is 0. The number of carbonyl (C=O) groups excluding carboxylic acids is 2. The van der Waals surface area contributed by atoms with Crippen LogP contribution in [0.4, 0.5) is 0 Å². The highest BCUT2D eigenvalue weighted by atomic mass is 16.4. The van der Waals surface area contributed by atoms with Crippen LogP contribution in [0.3, 0.4) is 0 Å². The first-order chi connectivity index (χ1) is 8.49. The number of aromatic nitrogens is 1. The van der Waals surface area contributed by atoms with E-state index in [9.17, 15) is 14.4 Å². The summed E-state index contributed by atoms with van der Waals surface area (Å²) in [7, 11) is 0. The summed E-state index contributed by atoms with van der Waals surface area (Å²) in [4.78, 5) is 36.9. The number of pyridine rings is 1. The van der Waals surface area contributed by atoms with Crippen molar-refractivity contribution < 1.29 is 19.5 Å². The van der Waals surface area contributed by atoms with Crippen molar-refractivity contribution in [2.45, 2.75) is 18.9 Å². The molecule has 0 saturated carbocycles. The van der Waals surface area contributed by atoms with Crippen LogP contribution in [0.5, 0.6) is 0 Å². The van der Waals surface area contributed by atoms with Crippen molar-refractivity contribution in [3.8, 4) is 0 Å². The van der Waals surface area contributed by atoms with Gasteiger partial charge in [-0.15, -0.1) is 0 Å². The maximum Gasteiger partial charge on any atom is 0.326 e. The Labute approximate surface area is 103 Å². The number of primary amides is 1. The summed E-state index contributed by atoms with van der Waals surface area (Å²) in [5.74, 6) is -2.62. The first-order valence-electron chi connectivity index (χ1n) is 5.19. The zero-order chi connectivity index (χ0) is 13.5. The van der Waals surface area contributed by atoms with Gasteiger partial charge in [0.25, 0.3) is 0 Å². The normalized spacial score (nSPS) is 11.6. The van der Waals surface area contributed by atoms with Gasteiger partial charge in [0.1, 0.15) is 6.04 Å². The molecule has 1 aromatic heterocycles. The Balaban J connectivity index is 2.56. The topological polar surface area (TPSA) is 122 Å². The van der Waals surface area contributed by atoms with Gasteiger partial charge in [-0.25, -0.2) is 4.79 Å². The molecule has 96 valence electrons. The Morgan fingerprint density at radius 3 is 2.61 bits per heavy atom. The lowest BCUT2D eigenvalue weighted by atomic mass is 10.2. The van der Waals surface area contributed by atoms with E-state index in [1.165, 1.54) is 6.20 Å². The number of nitrogens with two attached hydrogens (primary N) is 1. The van der Waals surface area contributed by atoms with E-state index >= 15 is 0 Å². The smallest absolute Gasteiger partial charge is 0.326 e. The fourth-order valence-electron chi connectivity index (χ4n) is 1.31. The average Bonchev–Trinajstić information content (AvgIpc) is 2.28. The van der Waals surface area contributed by atoms with Crippen molar-refractivity contribution in [1.29, 1.82) is 0 Å². The third-order valence-corrected chi connectivity index (χ3v) is 2.11. The second kappa shape index (κ2) is 6.33. The van der Waals surface area contributed by atoms with Crippen LogP contribution in [0.15, 0.2) is 24.4 Å². The highest BCUT2D eigenvalue weighted by molar-refractivity contribution is 5.88. The summed E-state index contributed by atoms with van der Waals surface area (Å²) in [5, 5.41) is 11.0. The summed E-state index contributed by atoms with van der Waals surface area (Å²) in [5.41, 5.74) is 5.41. The van der Waals surface area contributed by atoms with Crippen LogP contribution < -0.4 is 11.1 Å². The van der Waals surface area contributed by atoms with Crippen molar-refractivity contribution in [2.75, 3.05) is 0 Å². The van der Waals surface area contributed by atoms with E-state index in [4.69, 9.17) is 10.8 Å². The summed E-state index contributed by atoms with van der Waals surface area (Å²) < 4.78 is 0. The Bertz CT molecular complexity index is 447. The number of carboxylic acids is 1. The number of nitrogens with one attached hydrogen (secondary N) is 1. The number of amides is 2. The molecule has 1 aromatic rings. The Morgan fingerprint density at radius 2 is 2.11 bits per heavy atom. The molecule has 1 heterocycles. The first kappa shape index (κ1) is 13.6. The van der Waals surface area contributed by atoms with Gasteiger partial charge in [-0.1, -0.05) is 6.07 Å². The molecule has 0 aliphatic rings. The minimum atomic E-state index is -1.31. The third-order valence-electron chi connectivity index (χ3n) is 2.11. The molecular weight excluding hydrogens is 238 g/mol. The number of rotatable bonds is 6. The zero-order valence-corrected chi connectivity index (χ0v) is 9.50. The molecule has 1 atom stereocenters. The molecule has 4 N–H and O–H groups in total. The summed E-state index contributed by atoms with van der Waals surface area (Å²) in [6.07, 6.45) is 1.04. The largest absolute Gasteiger partial charge is 0.480 e. The molecule has 0 fully saturated rings. The number of carboxylic acid groups (broad SMARTS) is 1. The zero-order valence-electron chi connectivity index (χ0n) is 9.50. The van der Waals surface area contributed by atoms with Crippen molar-refractivity contribution >= 4 is 17.8 Å². The average molecular weight is 251 g/mol. The maximum atomic E-state index is 11.5. The predicted molar refractivity (Wildman–Crippen MR) is 61.3 cm³/mol. The third kappa shape index (κ3) is 4.60. The van der Waals surface area contributed by atoms with Crippen molar-refractivity contribution in [2.24, 2.45) is 5.73 Å². The molecule has 1 unspecified atom stereocenters. The first-order valence-corrected chi connectivity index (χ1v) is 5.19. The molecule has 0 saturated heterocycles. The molecular formula is C11H13N3O4. The van der Waals surface area contributed by atoms with Gasteiger partial charge in [0.05, 0.1) is 12.8 Å². The van der Waals surface area contributed by atoms with Crippen LogP contribution in [-0.2, 0) is 20.8 Å². The van der Waals surface area contributed by atoms with E-state index in [0.29, 0.717) is 5.69 Å². The lowest BCUT2D eigenvalue weighted by molar-refractivity contribution is -0.143. The molecule has 0 bridgehead atoms. The molecule has 7 nitrogen and oxygen atoms in total. The molecule has 0 radical (unpaired) electrons. The van der Waals surface area contributed by atoms with E-state index in [1.54, 1.807) is 18.2 Å². The Kier molecular flexibility index (Phi) is 4.79. The quantitative estimate of drug-likeness (QED) is 0.602. The van der Waals surface area contributed by atoms with E-state index < -0.39 is 30.2 Å². The van der Waals surface area contributed by atoms with Gasteiger partial charge in [0.2, 0.25) is 11.8 Å². The number of carbonyl (C=O) groups is 3. The summed E-state index contributed by atoms with van der Waals surface area (Å²) in [6, 6.07) is 3.75. The molecule has 18 heavy (non-hydrogen) atoms. The predicted octanol–water partition coefficient (Wildman–Crippen LogP) is -0.931. The van der Waals surface area contributed by atoms with Gasteiger partial charge in [-0.05, 0) is 12.1 Å². The van der Waals surface area contributed by atoms with Crippen LogP contribution in [0.1, 0.15) is 12.1 Å². The molecule has 0 aliphatic carbocycles. The van der Waals surface area contributed by atoms with Gasteiger partial charge >= 0.3 is 5.97 Å². The number of hydrogen-bond acceptors (Lipinski definition) is 4. The minimum absolute atomic E-state index is 0.0522. The van der Waals surface area contributed by atoms with Crippen LogP contribution in [0.25, 0.3) is 0 Å². The second-order valence-electron chi connectivity index (χ2n) is 3.63. The minimum Gasteiger partial charge on any atom is -0.480 e. The van der Waals surface area contributed by atoms with E-state index in [0.717, 1.165) is 0 Å². The van der Waals surface area contributed by atoms with Crippen LogP contribution in [-0.4, -0.2) is 33.9 Å². The Hall–Kier alpha value is -2.44. The Morgan fingerprint density at radius 1 is 1.39 bits per heavy atom. The van der Waals surface area contributed by atoms with Crippen molar-refractivity contribution in [3.05, 3.63) is 30.1 Å². The standard InChI is InChI=1S/C11H13N3O4/c12-9(15)6-8(11(17)18)14-10(16)5-7-3-1-2-4-13-7/h1-4,8H,5-6H2,(H2,12,15)(H,14,16)(H,17,18). The number of hydrogen-bond donors (Lipinski definition) is 3. The van der Waals surface area contributed by atoms with Crippen LogP contribution in [0.2, 0.25) is 0 Å². The highest BCUT2D eigenvalue weighted by Crippen LogP contribution is 1.97.